The van der Waals surface area contributed by atoms with E-state index in [1.165, 1.54) is 6.08 Å². The molecule has 20 heavy (non-hydrogen) atoms. The van der Waals surface area contributed by atoms with E-state index in [9.17, 15) is 4.79 Å². The minimum atomic E-state index is -0.212. The number of fused-ring (bicyclic) bond motifs is 1. The minimum absolute atomic E-state index is 0.212. The third-order valence-corrected chi connectivity index (χ3v) is 2.91. The molecular formula is C16H12O4. The molecular weight excluding hydrogens is 256 g/mol. The molecule has 3 rings (SSSR count). The van der Waals surface area contributed by atoms with Crippen LogP contribution in [0.2, 0.25) is 0 Å². The van der Waals surface area contributed by atoms with Crippen molar-refractivity contribution in [3.8, 4) is 5.75 Å². The summed E-state index contributed by atoms with van der Waals surface area (Å²) < 4.78 is 15.8. The Balaban J connectivity index is 1.88. The normalized spacial score (nSPS) is 11.2. The summed E-state index contributed by atoms with van der Waals surface area (Å²) in [4.78, 5) is 12.0. The number of methoxy groups -OCH3 is 1. The van der Waals surface area contributed by atoms with Gasteiger partial charge in [-0.2, -0.15) is 0 Å². The Morgan fingerprint density at radius 2 is 2.15 bits per heavy atom. The van der Waals surface area contributed by atoms with E-state index >= 15 is 0 Å². The van der Waals surface area contributed by atoms with Crippen molar-refractivity contribution in [3.05, 3.63) is 60.3 Å². The molecule has 100 valence electrons. The number of rotatable bonds is 4. The first-order chi connectivity index (χ1) is 9.76. The maximum absolute atomic E-state index is 12.0. The van der Waals surface area contributed by atoms with Crippen molar-refractivity contribution >= 4 is 22.8 Å². The van der Waals surface area contributed by atoms with Gasteiger partial charge in [-0.15, -0.1) is 0 Å². The van der Waals surface area contributed by atoms with Crippen molar-refractivity contribution in [1.29, 1.82) is 0 Å². The predicted molar refractivity (Wildman–Crippen MR) is 74.8 cm³/mol. The van der Waals surface area contributed by atoms with E-state index in [2.05, 4.69) is 0 Å². The second-order valence-corrected chi connectivity index (χ2v) is 4.23. The highest BCUT2D eigenvalue weighted by molar-refractivity contribution is 6.06. The van der Waals surface area contributed by atoms with Crippen LogP contribution in [0.1, 0.15) is 16.3 Å². The highest BCUT2D eigenvalue weighted by Crippen LogP contribution is 2.24. The molecule has 4 heteroatoms. The first-order valence-electron chi connectivity index (χ1n) is 6.10. The molecule has 3 aromatic rings. The first kappa shape index (κ1) is 12.3. The molecule has 0 N–H and O–H groups in total. The van der Waals surface area contributed by atoms with Gasteiger partial charge in [0.15, 0.2) is 5.76 Å². The van der Waals surface area contributed by atoms with Crippen molar-refractivity contribution in [2.45, 2.75) is 0 Å². The maximum atomic E-state index is 12.0. The Kier molecular flexibility index (Phi) is 3.13. The summed E-state index contributed by atoms with van der Waals surface area (Å²) in [6, 6.07) is 10.7. The zero-order valence-corrected chi connectivity index (χ0v) is 10.8. The van der Waals surface area contributed by atoms with Gasteiger partial charge in [0.1, 0.15) is 17.1 Å². The summed E-state index contributed by atoms with van der Waals surface area (Å²) in [6.45, 7) is 0. The SMILES string of the molecule is COc1ccc2cc(C(=O)C=Cc3ccco3)oc2c1. The van der Waals surface area contributed by atoms with Crippen LogP contribution in [0.4, 0.5) is 0 Å². The number of hydrogen-bond donors (Lipinski definition) is 0. The molecule has 0 atom stereocenters. The molecule has 0 aliphatic carbocycles. The van der Waals surface area contributed by atoms with Gasteiger partial charge in [-0.1, -0.05) is 0 Å². The van der Waals surface area contributed by atoms with Gasteiger partial charge in [0.2, 0.25) is 5.78 Å². The van der Waals surface area contributed by atoms with Gasteiger partial charge in [0, 0.05) is 11.5 Å². The van der Waals surface area contributed by atoms with E-state index in [1.54, 1.807) is 43.7 Å². The van der Waals surface area contributed by atoms with E-state index in [4.69, 9.17) is 13.6 Å². The molecule has 0 saturated heterocycles. The highest BCUT2D eigenvalue weighted by atomic mass is 16.5. The van der Waals surface area contributed by atoms with Crippen LogP contribution in [-0.2, 0) is 0 Å². The summed E-state index contributed by atoms with van der Waals surface area (Å²) in [5.74, 6) is 1.39. The largest absolute Gasteiger partial charge is 0.497 e. The van der Waals surface area contributed by atoms with Gasteiger partial charge >= 0.3 is 0 Å². The maximum Gasteiger partial charge on any atom is 0.221 e. The van der Waals surface area contributed by atoms with Crippen molar-refractivity contribution in [1.82, 2.24) is 0 Å². The topological polar surface area (TPSA) is 52.6 Å². The molecule has 0 spiro atoms. The molecule has 0 amide bonds. The third-order valence-electron chi connectivity index (χ3n) is 2.91. The summed E-state index contributed by atoms with van der Waals surface area (Å²) in [5.41, 5.74) is 0.624. The smallest absolute Gasteiger partial charge is 0.221 e. The van der Waals surface area contributed by atoms with Crippen LogP contribution >= 0.6 is 0 Å². The Morgan fingerprint density at radius 3 is 2.90 bits per heavy atom. The fourth-order valence-electron chi connectivity index (χ4n) is 1.89. The van der Waals surface area contributed by atoms with E-state index < -0.39 is 0 Å². The standard InChI is InChI=1S/C16H12O4/c1-18-13-5-4-11-9-16(20-15(11)10-13)14(17)7-6-12-3-2-8-19-12/h2-10H,1H3. The summed E-state index contributed by atoms with van der Waals surface area (Å²) in [7, 11) is 1.59. The zero-order valence-electron chi connectivity index (χ0n) is 10.8. The van der Waals surface area contributed by atoms with Crippen LogP contribution in [0.25, 0.3) is 17.0 Å². The van der Waals surface area contributed by atoms with Crippen LogP contribution in [0.5, 0.6) is 5.75 Å². The number of allylic oxidation sites excluding steroid dienone is 1. The van der Waals surface area contributed by atoms with Crippen LogP contribution in [0.3, 0.4) is 0 Å². The van der Waals surface area contributed by atoms with E-state index in [0.717, 1.165) is 5.39 Å². The van der Waals surface area contributed by atoms with Gasteiger partial charge < -0.3 is 13.6 Å². The van der Waals surface area contributed by atoms with E-state index in [0.29, 0.717) is 17.1 Å². The lowest BCUT2D eigenvalue weighted by Gasteiger charge is -1.96. The summed E-state index contributed by atoms with van der Waals surface area (Å²) >= 11 is 0. The predicted octanol–water partition coefficient (Wildman–Crippen LogP) is 3.93. The second kappa shape index (κ2) is 5.09. The number of ketones is 1. The molecule has 0 unspecified atom stereocenters. The number of carbonyl (C=O) groups excluding carboxylic acids is 1. The molecule has 0 radical (unpaired) electrons. The number of benzene rings is 1. The molecule has 2 aromatic heterocycles. The fourth-order valence-corrected chi connectivity index (χ4v) is 1.89. The van der Waals surface area contributed by atoms with Crippen molar-refractivity contribution in [2.75, 3.05) is 7.11 Å². The van der Waals surface area contributed by atoms with Crippen LogP contribution in [-0.4, -0.2) is 12.9 Å². The molecule has 2 heterocycles. The molecule has 0 saturated carbocycles. The molecule has 1 aromatic carbocycles. The second-order valence-electron chi connectivity index (χ2n) is 4.23. The molecule has 0 bridgehead atoms. The fraction of sp³-hybridized carbons (Fsp3) is 0.0625. The number of furan rings is 2. The Bertz CT molecular complexity index is 763. The van der Waals surface area contributed by atoms with Gasteiger partial charge in [0.25, 0.3) is 0 Å². The van der Waals surface area contributed by atoms with E-state index in [-0.39, 0.29) is 11.5 Å². The number of carbonyl (C=O) groups is 1. The van der Waals surface area contributed by atoms with Crippen LogP contribution < -0.4 is 4.74 Å². The van der Waals surface area contributed by atoms with Gasteiger partial charge in [-0.05, 0) is 42.5 Å². The summed E-state index contributed by atoms with van der Waals surface area (Å²) in [5, 5.41) is 0.862. The lowest BCUT2D eigenvalue weighted by Crippen LogP contribution is -1.89. The zero-order chi connectivity index (χ0) is 13.9. The van der Waals surface area contributed by atoms with Crippen LogP contribution in [0.15, 0.2) is 57.6 Å². The van der Waals surface area contributed by atoms with Gasteiger partial charge in [-0.25, -0.2) is 0 Å². The quantitative estimate of drug-likeness (QED) is 0.531. The highest BCUT2D eigenvalue weighted by Gasteiger charge is 2.10. The Morgan fingerprint density at radius 1 is 1.25 bits per heavy atom. The van der Waals surface area contributed by atoms with Crippen LogP contribution in [0, 0.1) is 0 Å². The van der Waals surface area contributed by atoms with Gasteiger partial charge in [-0.3, -0.25) is 4.79 Å². The van der Waals surface area contributed by atoms with E-state index in [1.807, 2.05) is 12.1 Å². The molecule has 0 aliphatic heterocycles. The molecule has 0 fully saturated rings. The Hall–Kier alpha value is -2.75. The third kappa shape index (κ3) is 2.36. The number of hydrogen-bond acceptors (Lipinski definition) is 4. The monoisotopic (exact) mass is 268 g/mol. The first-order valence-corrected chi connectivity index (χ1v) is 6.10. The van der Waals surface area contributed by atoms with Crippen molar-refractivity contribution in [3.63, 3.8) is 0 Å². The minimum Gasteiger partial charge on any atom is -0.497 e. The van der Waals surface area contributed by atoms with Crippen molar-refractivity contribution < 1.29 is 18.4 Å². The van der Waals surface area contributed by atoms with Gasteiger partial charge in [0.05, 0.1) is 13.4 Å². The lowest BCUT2D eigenvalue weighted by atomic mass is 10.2. The summed E-state index contributed by atoms with van der Waals surface area (Å²) in [6.07, 6.45) is 4.58. The lowest BCUT2D eigenvalue weighted by molar-refractivity contribution is 0.102. The number of ether oxygens (including phenoxy) is 1. The Labute approximate surface area is 115 Å². The molecule has 0 aliphatic rings. The van der Waals surface area contributed by atoms with Crippen molar-refractivity contribution in [2.24, 2.45) is 0 Å². The average molecular weight is 268 g/mol. The molecule has 4 nitrogen and oxygen atoms in total. The average Bonchev–Trinajstić information content (AvgIpc) is 3.12.